The second-order valence-electron chi connectivity index (χ2n) is 3.29. The number of hydrogen-bond donors (Lipinski definition) is 1. The van der Waals surface area contributed by atoms with E-state index >= 15 is 0 Å². The van der Waals surface area contributed by atoms with E-state index in [1.807, 2.05) is 0 Å². The van der Waals surface area contributed by atoms with Crippen molar-refractivity contribution in [2.75, 3.05) is 24.9 Å². The van der Waals surface area contributed by atoms with Crippen molar-refractivity contribution in [2.45, 2.75) is 6.04 Å². The van der Waals surface area contributed by atoms with Gasteiger partial charge in [-0.25, -0.2) is 4.98 Å². The third-order valence-corrected chi connectivity index (χ3v) is 2.48. The molecule has 16 heavy (non-hydrogen) atoms. The Morgan fingerprint density at radius 1 is 1.62 bits per heavy atom. The lowest BCUT2D eigenvalue weighted by molar-refractivity contribution is 0.191. The standard InChI is InChI=1S/C9H12ClN5O/c1-16-5-7(4-10)13-8-9-14-12-6-15(9)3-2-11-8/h2-3,6-7H,4-5H2,1H3,(H,11,13). The smallest absolute Gasteiger partial charge is 0.203 e. The Balaban J connectivity index is 2.22. The van der Waals surface area contributed by atoms with Crippen molar-refractivity contribution in [3.05, 3.63) is 18.7 Å². The number of aromatic nitrogens is 4. The average Bonchev–Trinajstić information content (AvgIpc) is 2.77. The van der Waals surface area contributed by atoms with Crippen LogP contribution in [0.5, 0.6) is 0 Å². The van der Waals surface area contributed by atoms with Crippen LogP contribution in [-0.4, -0.2) is 45.2 Å². The molecule has 1 unspecified atom stereocenters. The summed E-state index contributed by atoms with van der Waals surface area (Å²) in [6, 6.07) is 0.00191. The number of rotatable bonds is 5. The van der Waals surface area contributed by atoms with Crippen molar-refractivity contribution in [1.29, 1.82) is 0 Å². The quantitative estimate of drug-likeness (QED) is 0.785. The fourth-order valence-corrected chi connectivity index (χ4v) is 1.55. The number of methoxy groups -OCH3 is 1. The Kier molecular flexibility index (Phi) is 3.53. The van der Waals surface area contributed by atoms with Gasteiger partial charge in [0.1, 0.15) is 6.33 Å². The van der Waals surface area contributed by atoms with Gasteiger partial charge in [0.05, 0.1) is 12.6 Å². The predicted octanol–water partition coefficient (Wildman–Crippen LogP) is 0.790. The van der Waals surface area contributed by atoms with E-state index in [4.69, 9.17) is 16.3 Å². The van der Waals surface area contributed by atoms with E-state index in [0.717, 1.165) is 0 Å². The molecule has 2 aromatic heterocycles. The Labute approximate surface area is 97.6 Å². The molecule has 86 valence electrons. The van der Waals surface area contributed by atoms with E-state index in [1.54, 1.807) is 30.2 Å². The number of alkyl halides is 1. The maximum absolute atomic E-state index is 5.81. The molecule has 2 rings (SSSR count). The van der Waals surface area contributed by atoms with E-state index in [9.17, 15) is 0 Å². The number of hydrogen-bond acceptors (Lipinski definition) is 5. The van der Waals surface area contributed by atoms with Crippen LogP contribution in [0.4, 0.5) is 5.82 Å². The van der Waals surface area contributed by atoms with Gasteiger partial charge in [-0.3, -0.25) is 4.40 Å². The van der Waals surface area contributed by atoms with Gasteiger partial charge in [-0.2, -0.15) is 0 Å². The molecule has 1 atom stereocenters. The number of fused-ring (bicyclic) bond motifs is 1. The fourth-order valence-electron chi connectivity index (χ4n) is 1.38. The first kappa shape index (κ1) is 11.1. The van der Waals surface area contributed by atoms with Gasteiger partial charge in [-0.15, -0.1) is 21.8 Å². The third kappa shape index (κ3) is 2.23. The summed E-state index contributed by atoms with van der Waals surface area (Å²) in [6.07, 6.45) is 5.08. The van der Waals surface area contributed by atoms with Crippen LogP contribution < -0.4 is 5.32 Å². The summed E-state index contributed by atoms with van der Waals surface area (Å²) in [5.41, 5.74) is 0.675. The van der Waals surface area contributed by atoms with Crippen LogP contribution in [0.1, 0.15) is 0 Å². The Bertz CT molecular complexity index is 460. The van der Waals surface area contributed by atoms with E-state index in [0.29, 0.717) is 24.0 Å². The van der Waals surface area contributed by atoms with Crippen molar-refractivity contribution in [3.8, 4) is 0 Å². The van der Waals surface area contributed by atoms with Crippen LogP contribution in [-0.2, 0) is 4.74 Å². The zero-order chi connectivity index (χ0) is 11.4. The molecule has 0 spiro atoms. The molecule has 7 heteroatoms. The zero-order valence-corrected chi connectivity index (χ0v) is 9.55. The van der Waals surface area contributed by atoms with Crippen molar-refractivity contribution in [1.82, 2.24) is 19.6 Å². The maximum atomic E-state index is 5.81. The van der Waals surface area contributed by atoms with Crippen LogP contribution in [0, 0.1) is 0 Å². The minimum absolute atomic E-state index is 0.00191. The molecule has 2 aromatic rings. The summed E-state index contributed by atoms with van der Waals surface area (Å²) in [7, 11) is 1.63. The summed E-state index contributed by atoms with van der Waals surface area (Å²) < 4.78 is 6.83. The predicted molar refractivity (Wildman–Crippen MR) is 60.8 cm³/mol. The summed E-state index contributed by atoms with van der Waals surface area (Å²) in [5, 5.41) is 10.9. The lowest BCUT2D eigenvalue weighted by Crippen LogP contribution is -2.27. The molecule has 6 nitrogen and oxygen atoms in total. The summed E-state index contributed by atoms with van der Waals surface area (Å²) in [6.45, 7) is 0.514. The van der Waals surface area contributed by atoms with Gasteiger partial charge >= 0.3 is 0 Å². The van der Waals surface area contributed by atoms with Gasteiger partial charge < -0.3 is 10.1 Å². The molecule has 0 amide bonds. The Morgan fingerprint density at radius 2 is 2.50 bits per heavy atom. The van der Waals surface area contributed by atoms with Crippen LogP contribution in [0.3, 0.4) is 0 Å². The molecule has 0 aliphatic rings. The molecular weight excluding hydrogens is 230 g/mol. The first-order valence-corrected chi connectivity index (χ1v) is 5.34. The van der Waals surface area contributed by atoms with Gasteiger partial charge in [0.25, 0.3) is 0 Å². The summed E-state index contributed by atoms with van der Waals surface area (Å²) >= 11 is 5.81. The van der Waals surface area contributed by atoms with E-state index in [1.165, 1.54) is 0 Å². The molecule has 0 saturated heterocycles. The third-order valence-electron chi connectivity index (χ3n) is 2.11. The lowest BCUT2D eigenvalue weighted by Gasteiger charge is -2.15. The second kappa shape index (κ2) is 5.09. The van der Waals surface area contributed by atoms with Crippen molar-refractivity contribution in [3.63, 3.8) is 0 Å². The molecule has 1 N–H and O–H groups in total. The van der Waals surface area contributed by atoms with Gasteiger partial charge in [-0.1, -0.05) is 0 Å². The number of nitrogens with one attached hydrogen (secondary N) is 1. The van der Waals surface area contributed by atoms with Crippen LogP contribution in [0.15, 0.2) is 18.7 Å². The van der Waals surface area contributed by atoms with E-state index in [2.05, 4.69) is 20.5 Å². The summed E-state index contributed by atoms with van der Waals surface area (Å²) in [5.74, 6) is 1.09. The summed E-state index contributed by atoms with van der Waals surface area (Å²) in [4.78, 5) is 4.20. The van der Waals surface area contributed by atoms with Gasteiger partial charge in [0, 0.05) is 25.4 Å². The topological polar surface area (TPSA) is 64.3 Å². The number of halogens is 1. The number of nitrogens with zero attached hydrogens (tertiary/aromatic N) is 4. The minimum atomic E-state index is 0.00191. The molecule has 0 radical (unpaired) electrons. The highest BCUT2D eigenvalue weighted by molar-refractivity contribution is 6.18. The zero-order valence-electron chi connectivity index (χ0n) is 8.80. The SMILES string of the molecule is COCC(CCl)Nc1nccn2cnnc12. The number of ether oxygens (including phenoxy) is 1. The van der Waals surface area contributed by atoms with Crippen molar-refractivity contribution < 1.29 is 4.74 Å². The minimum Gasteiger partial charge on any atom is -0.383 e. The average molecular weight is 242 g/mol. The first-order chi connectivity index (χ1) is 7.85. The van der Waals surface area contributed by atoms with E-state index in [-0.39, 0.29) is 6.04 Å². The van der Waals surface area contributed by atoms with Gasteiger partial charge in [0.15, 0.2) is 5.82 Å². The molecule has 0 aromatic carbocycles. The van der Waals surface area contributed by atoms with Crippen LogP contribution in [0.2, 0.25) is 0 Å². The van der Waals surface area contributed by atoms with Crippen LogP contribution in [0.25, 0.3) is 5.65 Å². The maximum Gasteiger partial charge on any atom is 0.203 e. The Morgan fingerprint density at radius 3 is 3.25 bits per heavy atom. The molecular formula is C9H12ClN5O. The van der Waals surface area contributed by atoms with Gasteiger partial charge in [-0.05, 0) is 0 Å². The lowest BCUT2D eigenvalue weighted by atomic mass is 10.3. The second-order valence-corrected chi connectivity index (χ2v) is 3.60. The largest absolute Gasteiger partial charge is 0.383 e. The molecule has 0 aliphatic heterocycles. The number of anilines is 1. The molecule has 0 saturated carbocycles. The molecule has 0 bridgehead atoms. The molecule has 0 fully saturated rings. The molecule has 2 heterocycles. The van der Waals surface area contributed by atoms with Crippen LogP contribution >= 0.6 is 11.6 Å². The first-order valence-electron chi connectivity index (χ1n) is 4.81. The van der Waals surface area contributed by atoms with E-state index < -0.39 is 0 Å². The molecule has 0 aliphatic carbocycles. The highest BCUT2D eigenvalue weighted by Crippen LogP contribution is 2.11. The highest BCUT2D eigenvalue weighted by atomic mass is 35.5. The Hall–Kier alpha value is -1.40. The van der Waals surface area contributed by atoms with Crippen molar-refractivity contribution in [2.24, 2.45) is 0 Å². The normalized spacial score (nSPS) is 12.9. The fraction of sp³-hybridized carbons (Fsp3) is 0.444. The van der Waals surface area contributed by atoms with Crippen molar-refractivity contribution >= 4 is 23.1 Å². The monoisotopic (exact) mass is 241 g/mol. The van der Waals surface area contributed by atoms with Gasteiger partial charge in [0.2, 0.25) is 5.65 Å². The highest BCUT2D eigenvalue weighted by Gasteiger charge is 2.11.